The lowest BCUT2D eigenvalue weighted by Gasteiger charge is -2.29. The molecule has 3 nitrogen and oxygen atoms in total. The average molecular weight is 252 g/mol. The molecule has 1 unspecified atom stereocenters. The van der Waals surface area contributed by atoms with Crippen LogP contribution >= 0.6 is 0 Å². The molecule has 0 amide bonds. The third-order valence-electron chi connectivity index (χ3n) is 3.64. The normalized spacial score (nSPS) is 18.4. The van der Waals surface area contributed by atoms with Gasteiger partial charge in [-0.25, -0.2) is 4.39 Å². The zero-order valence-corrected chi connectivity index (χ0v) is 11.0. The number of benzene rings is 1. The molecule has 1 aromatic rings. The van der Waals surface area contributed by atoms with E-state index in [9.17, 15) is 4.39 Å². The van der Waals surface area contributed by atoms with E-state index in [0.29, 0.717) is 12.0 Å². The molecule has 0 spiro atoms. The Morgan fingerprint density at radius 1 is 1.39 bits per heavy atom. The first kappa shape index (κ1) is 13.1. The minimum Gasteiger partial charge on any atom is -0.494 e. The zero-order valence-electron chi connectivity index (χ0n) is 11.0. The van der Waals surface area contributed by atoms with Gasteiger partial charge in [0, 0.05) is 17.8 Å². The highest BCUT2D eigenvalue weighted by Crippen LogP contribution is 2.24. The summed E-state index contributed by atoms with van der Waals surface area (Å²) < 4.78 is 18.3. The Balaban J connectivity index is 1.99. The van der Waals surface area contributed by atoms with Crippen LogP contribution in [0.15, 0.2) is 18.2 Å². The summed E-state index contributed by atoms with van der Waals surface area (Å²) in [5, 5.41) is 6.80. The number of methoxy groups -OCH3 is 1. The highest BCUT2D eigenvalue weighted by molar-refractivity contribution is 5.49. The van der Waals surface area contributed by atoms with E-state index in [-0.39, 0.29) is 11.6 Å². The smallest absolute Gasteiger partial charge is 0.165 e. The Hall–Kier alpha value is -1.29. The highest BCUT2D eigenvalue weighted by Gasteiger charge is 2.19. The lowest BCUT2D eigenvalue weighted by molar-refractivity contribution is 0.343. The van der Waals surface area contributed by atoms with Crippen LogP contribution in [0.2, 0.25) is 0 Å². The van der Waals surface area contributed by atoms with Gasteiger partial charge in [-0.05, 0) is 50.9 Å². The summed E-state index contributed by atoms with van der Waals surface area (Å²) in [4.78, 5) is 0. The minimum absolute atomic E-state index is 0.289. The molecule has 18 heavy (non-hydrogen) atoms. The fourth-order valence-corrected chi connectivity index (χ4v) is 2.47. The Kier molecular flexibility index (Phi) is 4.42. The van der Waals surface area contributed by atoms with Gasteiger partial charge in [-0.2, -0.15) is 0 Å². The largest absolute Gasteiger partial charge is 0.494 e. The van der Waals surface area contributed by atoms with Crippen LogP contribution < -0.4 is 15.4 Å². The van der Waals surface area contributed by atoms with Crippen LogP contribution in [0.5, 0.6) is 5.75 Å². The maximum atomic E-state index is 13.3. The molecule has 0 radical (unpaired) electrons. The molecule has 1 aromatic carbocycles. The van der Waals surface area contributed by atoms with E-state index in [1.54, 1.807) is 12.1 Å². The molecule has 1 atom stereocenters. The van der Waals surface area contributed by atoms with Crippen molar-refractivity contribution < 1.29 is 9.13 Å². The molecule has 0 saturated carbocycles. The lowest BCUT2D eigenvalue weighted by Crippen LogP contribution is -2.36. The van der Waals surface area contributed by atoms with Crippen molar-refractivity contribution in [1.29, 1.82) is 0 Å². The van der Waals surface area contributed by atoms with Crippen LogP contribution in [0.4, 0.5) is 10.1 Å². The minimum atomic E-state index is -0.322. The molecule has 0 aliphatic carbocycles. The monoisotopic (exact) mass is 252 g/mol. The summed E-state index contributed by atoms with van der Waals surface area (Å²) >= 11 is 0. The number of hydrogen-bond acceptors (Lipinski definition) is 3. The molecule has 1 aliphatic rings. The molecule has 1 fully saturated rings. The van der Waals surface area contributed by atoms with Crippen molar-refractivity contribution in [3.05, 3.63) is 24.0 Å². The maximum Gasteiger partial charge on any atom is 0.165 e. The molecule has 2 rings (SSSR count). The average Bonchev–Trinajstić information content (AvgIpc) is 2.42. The van der Waals surface area contributed by atoms with Gasteiger partial charge < -0.3 is 15.4 Å². The number of piperidine rings is 1. The lowest BCUT2D eigenvalue weighted by atomic mass is 9.91. The fraction of sp³-hybridized carbons (Fsp3) is 0.571. The van der Waals surface area contributed by atoms with Crippen molar-refractivity contribution in [1.82, 2.24) is 5.32 Å². The highest BCUT2D eigenvalue weighted by atomic mass is 19.1. The Morgan fingerprint density at radius 2 is 2.11 bits per heavy atom. The van der Waals surface area contributed by atoms with Crippen LogP contribution in [0.3, 0.4) is 0 Å². The van der Waals surface area contributed by atoms with E-state index in [1.165, 1.54) is 26.0 Å². The van der Waals surface area contributed by atoms with Gasteiger partial charge in [-0.1, -0.05) is 0 Å². The molecule has 1 heterocycles. The van der Waals surface area contributed by atoms with E-state index in [1.807, 2.05) is 0 Å². The van der Waals surface area contributed by atoms with E-state index in [0.717, 1.165) is 18.8 Å². The number of rotatable bonds is 4. The van der Waals surface area contributed by atoms with Gasteiger partial charge in [-0.3, -0.25) is 0 Å². The van der Waals surface area contributed by atoms with E-state index >= 15 is 0 Å². The summed E-state index contributed by atoms with van der Waals surface area (Å²) in [6.07, 6.45) is 2.37. The fourth-order valence-electron chi connectivity index (χ4n) is 2.47. The molecule has 1 aliphatic heterocycles. The second-order valence-electron chi connectivity index (χ2n) is 4.87. The van der Waals surface area contributed by atoms with Crippen molar-refractivity contribution in [3.8, 4) is 5.75 Å². The Morgan fingerprint density at radius 3 is 2.78 bits per heavy atom. The van der Waals surface area contributed by atoms with Crippen molar-refractivity contribution in [2.45, 2.75) is 25.8 Å². The number of hydrogen-bond donors (Lipinski definition) is 2. The Bertz CT molecular complexity index is 391. The Labute approximate surface area is 108 Å². The first-order valence-corrected chi connectivity index (χ1v) is 6.51. The molecule has 0 bridgehead atoms. The van der Waals surface area contributed by atoms with Gasteiger partial charge >= 0.3 is 0 Å². The number of nitrogens with one attached hydrogen (secondary N) is 2. The molecule has 2 N–H and O–H groups in total. The standard InChI is InChI=1S/C14H21FN2O/c1-10(11-5-7-16-8-6-11)17-12-3-4-13(15)14(9-12)18-2/h3-4,9-11,16-17H,5-8H2,1-2H3. The summed E-state index contributed by atoms with van der Waals surface area (Å²) in [6.45, 7) is 4.36. The van der Waals surface area contributed by atoms with Crippen LogP contribution in [-0.2, 0) is 0 Å². The predicted molar refractivity (Wildman–Crippen MR) is 71.6 cm³/mol. The van der Waals surface area contributed by atoms with Gasteiger partial charge in [0.2, 0.25) is 0 Å². The second kappa shape index (κ2) is 6.05. The second-order valence-corrected chi connectivity index (χ2v) is 4.87. The third-order valence-corrected chi connectivity index (χ3v) is 3.64. The molecule has 1 saturated heterocycles. The molecule has 4 heteroatoms. The van der Waals surface area contributed by atoms with Crippen LogP contribution in [-0.4, -0.2) is 26.2 Å². The van der Waals surface area contributed by atoms with Crippen molar-refractivity contribution in [2.24, 2.45) is 5.92 Å². The summed E-state index contributed by atoms with van der Waals surface area (Å²) in [5.74, 6) is 0.636. The predicted octanol–water partition coefficient (Wildman–Crippen LogP) is 2.63. The molecule has 0 aromatic heterocycles. The van der Waals surface area contributed by atoms with Gasteiger partial charge in [0.05, 0.1) is 7.11 Å². The molecule has 100 valence electrons. The quantitative estimate of drug-likeness (QED) is 0.864. The van der Waals surface area contributed by atoms with E-state index < -0.39 is 0 Å². The topological polar surface area (TPSA) is 33.3 Å². The first-order chi connectivity index (χ1) is 8.70. The third kappa shape index (κ3) is 3.13. The van der Waals surface area contributed by atoms with Gasteiger partial charge in [0.15, 0.2) is 11.6 Å². The van der Waals surface area contributed by atoms with Crippen LogP contribution in [0, 0.1) is 11.7 Å². The van der Waals surface area contributed by atoms with E-state index in [2.05, 4.69) is 17.6 Å². The van der Waals surface area contributed by atoms with Gasteiger partial charge in [-0.15, -0.1) is 0 Å². The van der Waals surface area contributed by atoms with Crippen molar-refractivity contribution in [2.75, 3.05) is 25.5 Å². The first-order valence-electron chi connectivity index (χ1n) is 6.51. The van der Waals surface area contributed by atoms with Gasteiger partial charge in [0.1, 0.15) is 0 Å². The SMILES string of the molecule is COc1cc(NC(C)C2CCNCC2)ccc1F. The number of anilines is 1. The van der Waals surface area contributed by atoms with Crippen LogP contribution in [0.25, 0.3) is 0 Å². The van der Waals surface area contributed by atoms with E-state index in [4.69, 9.17) is 4.74 Å². The summed E-state index contributed by atoms with van der Waals surface area (Å²) in [5.41, 5.74) is 0.916. The summed E-state index contributed by atoms with van der Waals surface area (Å²) in [6, 6.07) is 5.31. The van der Waals surface area contributed by atoms with Crippen molar-refractivity contribution in [3.63, 3.8) is 0 Å². The molecular formula is C14H21FN2O. The van der Waals surface area contributed by atoms with Gasteiger partial charge in [0.25, 0.3) is 0 Å². The maximum absolute atomic E-state index is 13.3. The number of ether oxygens (including phenoxy) is 1. The summed E-state index contributed by atoms with van der Waals surface area (Å²) in [7, 11) is 1.48. The van der Waals surface area contributed by atoms with Crippen LogP contribution in [0.1, 0.15) is 19.8 Å². The zero-order chi connectivity index (χ0) is 13.0. The van der Waals surface area contributed by atoms with Crippen molar-refractivity contribution >= 4 is 5.69 Å². The number of halogens is 1. The molecular weight excluding hydrogens is 231 g/mol.